The lowest BCUT2D eigenvalue weighted by Gasteiger charge is -2.22. The first kappa shape index (κ1) is 17.0. The third-order valence-electron chi connectivity index (χ3n) is 3.45. The molecule has 0 aliphatic carbocycles. The average Bonchev–Trinajstić information content (AvgIpc) is 2.20. The second-order valence-electron chi connectivity index (χ2n) is 7.18. The van der Waals surface area contributed by atoms with Crippen LogP contribution < -0.4 is 0 Å². The molecule has 17 heavy (non-hydrogen) atoms. The van der Waals surface area contributed by atoms with Crippen LogP contribution in [-0.2, 0) is 0 Å². The molecule has 0 saturated heterocycles. The van der Waals surface area contributed by atoms with Crippen molar-refractivity contribution in [2.75, 3.05) is 6.61 Å². The predicted molar refractivity (Wildman–Crippen MR) is 77.2 cm³/mol. The standard InChI is InChI=1S/C16H34O/c1-14(2)9-7-6-8-10-15(13-17)11-12-16(3,4)5/h14-15,17H,6-13H2,1-5H3/t15-/m0/s1. The minimum absolute atomic E-state index is 0.375. The molecule has 0 amide bonds. The number of hydrogen-bond acceptors (Lipinski definition) is 1. The van der Waals surface area contributed by atoms with Gasteiger partial charge in [0, 0.05) is 6.61 Å². The molecule has 0 radical (unpaired) electrons. The molecular formula is C16H34O. The van der Waals surface area contributed by atoms with E-state index in [4.69, 9.17) is 0 Å². The SMILES string of the molecule is CC(C)CCCCC[C@H](CO)CCC(C)(C)C. The van der Waals surface area contributed by atoms with Gasteiger partial charge in [-0.25, -0.2) is 0 Å². The Morgan fingerprint density at radius 2 is 1.47 bits per heavy atom. The van der Waals surface area contributed by atoms with Crippen molar-refractivity contribution in [3.05, 3.63) is 0 Å². The summed E-state index contributed by atoms with van der Waals surface area (Å²) in [5.41, 5.74) is 0.408. The Hall–Kier alpha value is -0.0400. The summed E-state index contributed by atoms with van der Waals surface area (Å²) in [7, 11) is 0. The van der Waals surface area contributed by atoms with E-state index >= 15 is 0 Å². The van der Waals surface area contributed by atoms with E-state index in [0.717, 1.165) is 5.92 Å². The molecule has 1 atom stereocenters. The molecule has 0 aromatic carbocycles. The maximum absolute atomic E-state index is 9.37. The molecule has 0 heterocycles. The molecule has 1 heteroatoms. The van der Waals surface area contributed by atoms with E-state index in [1.54, 1.807) is 0 Å². The van der Waals surface area contributed by atoms with Gasteiger partial charge >= 0.3 is 0 Å². The van der Waals surface area contributed by atoms with Gasteiger partial charge in [0.25, 0.3) is 0 Å². The van der Waals surface area contributed by atoms with Gasteiger partial charge in [0.2, 0.25) is 0 Å². The van der Waals surface area contributed by atoms with Crippen molar-refractivity contribution in [2.24, 2.45) is 17.3 Å². The first-order valence-corrected chi connectivity index (χ1v) is 7.46. The van der Waals surface area contributed by atoms with Crippen LogP contribution in [0.15, 0.2) is 0 Å². The predicted octanol–water partition coefficient (Wildman–Crippen LogP) is 5.03. The molecule has 0 rings (SSSR count). The molecule has 104 valence electrons. The Labute approximate surface area is 109 Å². The fourth-order valence-electron chi connectivity index (χ4n) is 2.13. The number of aliphatic hydroxyl groups excluding tert-OH is 1. The zero-order valence-electron chi connectivity index (χ0n) is 12.8. The van der Waals surface area contributed by atoms with Gasteiger partial charge in [-0.3, -0.25) is 0 Å². The van der Waals surface area contributed by atoms with E-state index in [1.807, 2.05) is 0 Å². The minimum Gasteiger partial charge on any atom is -0.396 e. The van der Waals surface area contributed by atoms with E-state index in [-0.39, 0.29) is 0 Å². The second-order valence-corrected chi connectivity index (χ2v) is 7.18. The molecular weight excluding hydrogens is 208 g/mol. The first-order valence-electron chi connectivity index (χ1n) is 7.46. The van der Waals surface area contributed by atoms with Crippen LogP contribution in [0.4, 0.5) is 0 Å². The maximum Gasteiger partial charge on any atom is 0.0459 e. The molecule has 1 N–H and O–H groups in total. The smallest absolute Gasteiger partial charge is 0.0459 e. The molecule has 0 aliphatic heterocycles. The highest BCUT2D eigenvalue weighted by atomic mass is 16.3. The number of hydrogen-bond donors (Lipinski definition) is 1. The van der Waals surface area contributed by atoms with Crippen molar-refractivity contribution in [2.45, 2.75) is 79.6 Å². The highest BCUT2D eigenvalue weighted by Gasteiger charge is 2.14. The molecule has 1 nitrogen and oxygen atoms in total. The van der Waals surface area contributed by atoms with Crippen LogP contribution in [0.25, 0.3) is 0 Å². The van der Waals surface area contributed by atoms with Gasteiger partial charge in [-0.2, -0.15) is 0 Å². The van der Waals surface area contributed by atoms with Crippen molar-refractivity contribution < 1.29 is 5.11 Å². The third kappa shape index (κ3) is 12.2. The van der Waals surface area contributed by atoms with Gasteiger partial charge in [-0.05, 0) is 36.5 Å². The van der Waals surface area contributed by atoms with Crippen LogP contribution in [0.1, 0.15) is 79.6 Å². The van der Waals surface area contributed by atoms with Crippen LogP contribution in [0.3, 0.4) is 0 Å². The van der Waals surface area contributed by atoms with Gasteiger partial charge in [0.1, 0.15) is 0 Å². The van der Waals surface area contributed by atoms with Gasteiger partial charge in [-0.1, -0.05) is 60.3 Å². The number of rotatable bonds is 9. The largest absolute Gasteiger partial charge is 0.396 e. The maximum atomic E-state index is 9.37. The summed E-state index contributed by atoms with van der Waals surface area (Å²) in [6, 6.07) is 0. The third-order valence-corrected chi connectivity index (χ3v) is 3.45. The van der Waals surface area contributed by atoms with E-state index in [9.17, 15) is 5.11 Å². The molecule has 0 bridgehead atoms. The molecule has 0 spiro atoms. The molecule has 0 unspecified atom stereocenters. The Balaban J connectivity index is 3.55. The molecule has 0 aromatic rings. The van der Waals surface area contributed by atoms with Crippen molar-refractivity contribution in [1.29, 1.82) is 0 Å². The first-order chi connectivity index (χ1) is 7.85. The lowest BCUT2D eigenvalue weighted by molar-refractivity contribution is 0.190. The van der Waals surface area contributed by atoms with Gasteiger partial charge in [0.15, 0.2) is 0 Å². The second kappa shape index (κ2) is 8.97. The summed E-state index contributed by atoms with van der Waals surface area (Å²) < 4.78 is 0. The van der Waals surface area contributed by atoms with Crippen molar-refractivity contribution in [1.82, 2.24) is 0 Å². The highest BCUT2D eigenvalue weighted by Crippen LogP contribution is 2.26. The zero-order valence-corrected chi connectivity index (χ0v) is 12.8. The molecule has 0 fully saturated rings. The summed E-state index contributed by atoms with van der Waals surface area (Å²) in [6.45, 7) is 11.8. The van der Waals surface area contributed by atoms with E-state index in [1.165, 1.54) is 44.9 Å². The minimum atomic E-state index is 0.375. The summed E-state index contributed by atoms with van der Waals surface area (Å²) in [5, 5.41) is 9.37. The Morgan fingerprint density at radius 3 is 1.94 bits per heavy atom. The number of unbranched alkanes of at least 4 members (excludes halogenated alkanes) is 2. The van der Waals surface area contributed by atoms with Crippen molar-refractivity contribution >= 4 is 0 Å². The highest BCUT2D eigenvalue weighted by molar-refractivity contribution is 4.66. The topological polar surface area (TPSA) is 20.2 Å². The molecule has 0 saturated carbocycles. The Morgan fingerprint density at radius 1 is 0.882 bits per heavy atom. The van der Waals surface area contributed by atoms with Crippen LogP contribution in [0.2, 0.25) is 0 Å². The van der Waals surface area contributed by atoms with Crippen LogP contribution >= 0.6 is 0 Å². The summed E-state index contributed by atoms with van der Waals surface area (Å²) in [6.07, 6.45) is 8.96. The molecule has 0 aliphatic rings. The van der Waals surface area contributed by atoms with Crippen LogP contribution in [0.5, 0.6) is 0 Å². The summed E-state index contributed by atoms with van der Waals surface area (Å²) in [4.78, 5) is 0. The quantitative estimate of drug-likeness (QED) is 0.562. The lowest BCUT2D eigenvalue weighted by Crippen LogP contribution is -2.12. The fourth-order valence-corrected chi connectivity index (χ4v) is 2.13. The van der Waals surface area contributed by atoms with Crippen LogP contribution in [0, 0.1) is 17.3 Å². The monoisotopic (exact) mass is 242 g/mol. The lowest BCUT2D eigenvalue weighted by atomic mass is 9.85. The van der Waals surface area contributed by atoms with Crippen molar-refractivity contribution in [3.63, 3.8) is 0 Å². The fraction of sp³-hybridized carbons (Fsp3) is 1.00. The zero-order chi connectivity index (χ0) is 13.3. The average molecular weight is 242 g/mol. The van der Waals surface area contributed by atoms with Gasteiger partial charge in [-0.15, -0.1) is 0 Å². The summed E-state index contributed by atoms with van der Waals surface area (Å²) >= 11 is 0. The summed E-state index contributed by atoms with van der Waals surface area (Å²) in [5.74, 6) is 1.37. The molecule has 0 aromatic heterocycles. The van der Waals surface area contributed by atoms with Crippen molar-refractivity contribution in [3.8, 4) is 0 Å². The van der Waals surface area contributed by atoms with E-state index < -0.39 is 0 Å². The van der Waals surface area contributed by atoms with E-state index in [2.05, 4.69) is 34.6 Å². The van der Waals surface area contributed by atoms with Crippen LogP contribution in [-0.4, -0.2) is 11.7 Å². The Bertz CT molecular complexity index is 167. The van der Waals surface area contributed by atoms with E-state index in [0.29, 0.717) is 17.9 Å². The Kier molecular flexibility index (Phi) is 8.94. The van der Waals surface area contributed by atoms with Gasteiger partial charge in [0.05, 0.1) is 0 Å². The normalized spacial score (nSPS) is 14.3. The van der Waals surface area contributed by atoms with Gasteiger partial charge < -0.3 is 5.11 Å². The number of aliphatic hydroxyl groups is 1.